The molecule has 0 amide bonds. The number of aryl methyl sites for hydroxylation is 1. The van der Waals surface area contributed by atoms with Crippen molar-refractivity contribution in [2.75, 3.05) is 6.54 Å². The molecule has 1 saturated heterocycles. The number of piperidine rings is 1. The molecule has 1 saturated carbocycles. The van der Waals surface area contributed by atoms with Crippen molar-refractivity contribution in [3.63, 3.8) is 0 Å². The van der Waals surface area contributed by atoms with E-state index in [0.717, 1.165) is 30.7 Å². The van der Waals surface area contributed by atoms with Crippen LogP contribution in [0.15, 0.2) is 16.3 Å². The summed E-state index contributed by atoms with van der Waals surface area (Å²) in [6.07, 6.45) is 6.33. The van der Waals surface area contributed by atoms with Crippen molar-refractivity contribution < 1.29 is 8.42 Å². The standard InChI is InChI=1S/C14H22N2O2S2/c1-2-12-4-5-13(19-12)20(17,18)16-11-6-9-15-14(10-11)7-3-8-14/h4-5,11,15-16H,2-3,6-10H2,1H3. The smallest absolute Gasteiger partial charge is 0.250 e. The molecule has 1 aromatic rings. The van der Waals surface area contributed by atoms with Crippen LogP contribution >= 0.6 is 11.3 Å². The zero-order valence-corrected chi connectivity index (χ0v) is 13.4. The van der Waals surface area contributed by atoms with Crippen LogP contribution < -0.4 is 10.0 Å². The topological polar surface area (TPSA) is 58.2 Å². The molecular formula is C14H22N2O2S2. The van der Waals surface area contributed by atoms with Crippen molar-refractivity contribution in [3.8, 4) is 0 Å². The summed E-state index contributed by atoms with van der Waals surface area (Å²) < 4.78 is 28.2. The molecule has 0 bridgehead atoms. The zero-order valence-electron chi connectivity index (χ0n) is 11.8. The molecular weight excluding hydrogens is 292 g/mol. The first kappa shape index (κ1) is 14.5. The molecule has 1 aliphatic carbocycles. The Labute approximate surface area is 125 Å². The van der Waals surface area contributed by atoms with E-state index in [-0.39, 0.29) is 11.6 Å². The molecule has 1 unspecified atom stereocenters. The Hall–Kier alpha value is -0.430. The summed E-state index contributed by atoms with van der Waals surface area (Å²) in [5.41, 5.74) is 0.218. The van der Waals surface area contributed by atoms with Crippen molar-refractivity contribution in [2.24, 2.45) is 0 Å². The molecule has 2 heterocycles. The fourth-order valence-electron chi connectivity index (χ4n) is 3.21. The van der Waals surface area contributed by atoms with Crippen LogP contribution in [0.4, 0.5) is 0 Å². The van der Waals surface area contributed by atoms with Crippen molar-refractivity contribution >= 4 is 21.4 Å². The van der Waals surface area contributed by atoms with Crippen LogP contribution in [-0.2, 0) is 16.4 Å². The highest BCUT2D eigenvalue weighted by Gasteiger charge is 2.41. The fraction of sp³-hybridized carbons (Fsp3) is 0.714. The van der Waals surface area contributed by atoms with E-state index in [9.17, 15) is 8.42 Å². The third kappa shape index (κ3) is 2.79. The van der Waals surface area contributed by atoms with Gasteiger partial charge in [-0.1, -0.05) is 6.92 Å². The van der Waals surface area contributed by atoms with Gasteiger partial charge in [0.1, 0.15) is 4.21 Å². The molecule has 1 aromatic heterocycles. The number of hydrogen-bond acceptors (Lipinski definition) is 4. The summed E-state index contributed by atoms with van der Waals surface area (Å²) in [4.78, 5) is 1.12. The van der Waals surface area contributed by atoms with Crippen molar-refractivity contribution in [3.05, 3.63) is 17.0 Å². The summed E-state index contributed by atoms with van der Waals surface area (Å²) in [5, 5.41) is 3.57. The zero-order chi connectivity index (χ0) is 14.2. The lowest BCUT2D eigenvalue weighted by Gasteiger charge is -2.48. The monoisotopic (exact) mass is 314 g/mol. The fourth-order valence-corrected chi connectivity index (χ4v) is 5.80. The number of rotatable bonds is 4. The predicted octanol–water partition coefficient (Wildman–Crippen LogP) is 2.26. The van der Waals surface area contributed by atoms with E-state index in [4.69, 9.17) is 0 Å². The Morgan fingerprint density at radius 3 is 2.85 bits per heavy atom. The van der Waals surface area contributed by atoms with E-state index in [2.05, 4.69) is 10.0 Å². The second kappa shape index (κ2) is 5.40. The number of nitrogens with one attached hydrogen (secondary N) is 2. The molecule has 20 heavy (non-hydrogen) atoms. The lowest BCUT2D eigenvalue weighted by atomic mass is 9.70. The normalized spacial score (nSPS) is 25.6. The molecule has 1 atom stereocenters. The van der Waals surface area contributed by atoms with Gasteiger partial charge in [-0.05, 0) is 57.2 Å². The van der Waals surface area contributed by atoms with E-state index in [1.165, 1.54) is 30.6 Å². The first-order valence-electron chi connectivity index (χ1n) is 7.39. The molecule has 1 aliphatic heterocycles. The molecule has 2 aliphatic rings. The number of sulfonamides is 1. The highest BCUT2D eigenvalue weighted by molar-refractivity contribution is 7.91. The minimum absolute atomic E-state index is 0.0775. The van der Waals surface area contributed by atoms with E-state index >= 15 is 0 Å². The Bertz CT molecular complexity index is 576. The van der Waals surface area contributed by atoms with Crippen LogP contribution in [0.1, 0.15) is 43.9 Å². The molecule has 3 rings (SSSR count). The van der Waals surface area contributed by atoms with E-state index in [0.29, 0.717) is 4.21 Å². The van der Waals surface area contributed by atoms with Gasteiger partial charge in [0, 0.05) is 16.5 Å². The van der Waals surface area contributed by atoms with Gasteiger partial charge >= 0.3 is 0 Å². The van der Waals surface area contributed by atoms with Crippen LogP contribution in [0.5, 0.6) is 0 Å². The number of thiophene rings is 1. The lowest BCUT2D eigenvalue weighted by molar-refractivity contribution is 0.126. The van der Waals surface area contributed by atoms with Crippen LogP contribution in [-0.4, -0.2) is 26.5 Å². The highest BCUT2D eigenvalue weighted by atomic mass is 32.2. The maximum Gasteiger partial charge on any atom is 0.250 e. The molecule has 4 nitrogen and oxygen atoms in total. The minimum Gasteiger partial charge on any atom is -0.311 e. The van der Waals surface area contributed by atoms with Gasteiger partial charge in [0.2, 0.25) is 10.0 Å². The average molecular weight is 314 g/mol. The molecule has 6 heteroatoms. The molecule has 2 fully saturated rings. The first-order chi connectivity index (χ1) is 9.53. The van der Waals surface area contributed by atoms with Crippen LogP contribution in [0, 0.1) is 0 Å². The van der Waals surface area contributed by atoms with E-state index in [1.807, 2.05) is 13.0 Å². The van der Waals surface area contributed by atoms with Gasteiger partial charge in [-0.15, -0.1) is 11.3 Å². The molecule has 112 valence electrons. The number of hydrogen-bond donors (Lipinski definition) is 2. The maximum atomic E-state index is 12.4. The third-order valence-corrected chi connectivity index (χ3v) is 7.75. The second-order valence-electron chi connectivity index (χ2n) is 5.95. The highest BCUT2D eigenvalue weighted by Crippen LogP contribution is 2.38. The Morgan fingerprint density at radius 2 is 2.25 bits per heavy atom. The van der Waals surface area contributed by atoms with Gasteiger partial charge in [0.05, 0.1) is 0 Å². The van der Waals surface area contributed by atoms with Crippen LogP contribution in [0.25, 0.3) is 0 Å². The third-order valence-electron chi connectivity index (χ3n) is 4.51. The van der Waals surface area contributed by atoms with Gasteiger partial charge in [0.25, 0.3) is 0 Å². The SMILES string of the molecule is CCc1ccc(S(=O)(=O)NC2CCNC3(CCC3)C2)s1. The lowest BCUT2D eigenvalue weighted by Crippen LogP contribution is -2.59. The Balaban J connectivity index is 1.69. The molecule has 2 N–H and O–H groups in total. The molecule has 0 aromatic carbocycles. The Morgan fingerprint density at radius 1 is 1.45 bits per heavy atom. The van der Waals surface area contributed by atoms with Crippen LogP contribution in [0.2, 0.25) is 0 Å². The van der Waals surface area contributed by atoms with Crippen molar-refractivity contribution in [1.29, 1.82) is 0 Å². The predicted molar refractivity (Wildman–Crippen MR) is 81.6 cm³/mol. The largest absolute Gasteiger partial charge is 0.311 e. The van der Waals surface area contributed by atoms with E-state index < -0.39 is 10.0 Å². The minimum atomic E-state index is -3.34. The summed E-state index contributed by atoms with van der Waals surface area (Å²) >= 11 is 1.38. The second-order valence-corrected chi connectivity index (χ2v) is 9.06. The van der Waals surface area contributed by atoms with Gasteiger partial charge in [-0.2, -0.15) is 0 Å². The van der Waals surface area contributed by atoms with Gasteiger partial charge in [-0.25, -0.2) is 13.1 Å². The first-order valence-corrected chi connectivity index (χ1v) is 9.69. The maximum absolute atomic E-state index is 12.4. The Kier molecular flexibility index (Phi) is 3.92. The van der Waals surface area contributed by atoms with Gasteiger partial charge < -0.3 is 5.32 Å². The summed E-state index contributed by atoms with van der Waals surface area (Å²) in [5.74, 6) is 0. The summed E-state index contributed by atoms with van der Waals surface area (Å²) in [7, 11) is -3.34. The van der Waals surface area contributed by atoms with Crippen molar-refractivity contribution in [2.45, 2.75) is 61.2 Å². The molecule has 0 radical (unpaired) electrons. The van der Waals surface area contributed by atoms with E-state index in [1.54, 1.807) is 6.07 Å². The van der Waals surface area contributed by atoms with Gasteiger partial charge in [0.15, 0.2) is 0 Å². The average Bonchev–Trinajstić information content (AvgIpc) is 2.86. The van der Waals surface area contributed by atoms with Gasteiger partial charge in [-0.3, -0.25) is 0 Å². The van der Waals surface area contributed by atoms with Crippen LogP contribution in [0.3, 0.4) is 0 Å². The summed E-state index contributed by atoms with van der Waals surface area (Å²) in [6.45, 7) is 2.96. The quantitative estimate of drug-likeness (QED) is 0.896. The summed E-state index contributed by atoms with van der Waals surface area (Å²) in [6, 6.07) is 3.72. The molecule has 1 spiro atoms. The van der Waals surface area contributed by atoms with Crippen molar-refractivity contribution in [1.82, 2.24) is 10.0 Å².